The summed E-state index contributed by atoms with van der Waals surface area (Å²) in [5.41, 5.74) is -0.203. The van der Waals surface area contributed by atoms with Crippen molar-refractivity contribution in [2.24, 2.45) is 0 Å². The van der Waals surface area contributed by atoms with Crippen LogP contribution in [0.4, 0.5) is 10.7 Å². The van der Waals surface area contributed by atoms with Gasteiger partial charge in [0.15, 0.2) is 0 Å². The lowest BCUT2D eigenvalue weighted by molar-refractivity contribution is -0.384. The molecule has 2 atom stereocenters. The normalized spacial score (nSPS) is 14.7. The molecule has 12 heteroatoms. The van der Waals surface area contributed by atoms with Crippen LogP contribution < -0.4 is 8.83 Å². The molecule has 23 heavy (non-hydrogen) atoms. The van der Waals surface area contributed by atoms with E-state index in [1.807, 2.05) is 0 Å². The van der Waals surface area contributed by atoms with Crippen LogP contribution in [0.5, 0.6) is 5.75 Å². The predicted molar refractivity (Wildman–Crippen MR) is 84.1 cm³/mol. The molecule has 9 nitrogen and oxygen atoms in total. The van der Waals surface area contributed by atoms with E-state index >= 15 is 0 Å². The quantitative estimate of drug-likeness (QED) is 0.339. The van der Waals surface area contributed by atoms with E-state index in [-0.39, 0.29) is 16.4 Å². The maximum Gasteiger partial charge on any atom is 0.396 e. The van der Waals surface area contributed by atoms with Gasteiger partial charge < -0.3 is 14.0 Å². The minimum Gasteiger partial charge on any atom is -0.755 e. The highest BCUT2D eigenvalue weighted by molar-refractivity contribution is 7.81. The second-order valence-electron chi connectivity index (χ2n) is 4.17. The van der Waals surface area contributed by atoms with Crippen LogP contribution in [0.25, 0.3) is 0 Å². The summed E-state index contributed by atoms with van der Waals surface area (Å²) in [6.07, 6.45) is -0.777. The van der Waals surface area contributed by atoms with E-state index < -0.39 is 30.1 Å². The van der Waals surface area contributed by atoms with Crippen molar-refractivity contribution in [2.45, 2.75) is 0 Å². The van der Waals surface area contributed by atoms with Gasteiger partial charge in [-0.1, -0.05) is 0 Å². The number of anilines is 1. The SMILES string of the molecule is O=[N+]([O-])c1ccc(OP(=O)(O)CN(c2cccs2)S(=O)[O-])cc1. The van der Waals surface area contributed by atoms with E-state index in [1.54, 1.807) is 11.4 Å². The lowest BCUT2D eigenvalue weighted by Gasteiger charge is -2.26. The van der Waals surface area contributed by atoms with Crippen molar-refractivity contribution < 1.29 is 27.7 Å². The summed E-state index contributed by atoms with van der Waals surface area (Å²) < 4.78 is 40.1. The summed E-state index contributed by atoms with van der Waals surface area (Å²) in [6.45, 7) is 0. The van der Waals surface area contributed by atoms with E-state index in [0.29, 0.717) is 4.31 Å². The second-order valence-corrected chi connectivity index (χ2v) is 7.71. The van der Waals surface area contributed by atoms with Gasteiger partial charge in [-0.05, 0) is 29.6 Å². The first-order valence-electron chi connectivity index (χ1n) is 5.95. The van der Waals surface area contributed by atoms with Gasteiger partial charge in [-0.2, -0.15) is 0 Å². The van der Waals surface area contributed by atoms with Crippen LogP contribution in [-0.2, 0) is 15.8 Å². The maximum absolute atomic E-state index is 12.1. The van der Waals surface area contributed by atoms with Gasteiger partial charge in [-0.3, -0.25) is 18.6 Å². The highest BCUT2D eigenvalue weighted by Crippen LogP contribution is 2.45. The molecule has 0 fully saturated rings. The molecule has 0 saturated carbocycles. The maximum atomic E-state index is 12.1. The number of rotatable bonds is 7. The van der Waals surface area contributed by atoms with Crippen molar-refractivity contribution in [1.82, 2.24) is 0 Å². The van der Waals surface area contributed by atoms with Gasteiger partial charge in [0.25, 0.3) is 5.69 Å². The molecule has 0 spiro atoms. The van der Waals surface area contributed by atoms with Gasteiger partial charge in [-0.25, -0.2) is 4.57 Å². The number of thiophene rings is 1. The Labute approximate surface area is 137 Å². The van der Waals surface area contributed by atoms with Crippen LogP contribution in [-0.4, -0.2) is 24.9 Å². The zero-order chi connectivity index (χ0) is 17.0. The van der Waals surface area contributed by atoms with Crippen LogP contribution >= 0.6 is 18.9 Å². The molecule has 0 aliphatic carbocycles. The highest BCUT2D eigenvalue weighted by atomic mass is 32.2. The van der Waals surface area contributed by atoms with Gasteiger partial charge in [0, 0.05) is 23.4 Å². The van der Waals surface area contributed by atoms with Crippen LogP contribution in [0.1, 0.15) is 0 Å². The predicted octanol–water partition coefficient (Wildman–Crippen LogP) is 2.48. The molecule has 2 aromatic rings. The third-order valence-electron chi connectivity index (χ3n) is 2.53. The highest BCUT2D eigenvalue weighted by Gasteiger charge is 2.27. The van der Waals surface area contributed by atoms with Crippen LogP contribution in [0.15, 0.2) is 41.8 Å². The Morgan fingerprint density at radius 2 is 2.00 bits per heavy atom. The fourth-order valence-corrected chi connectivity index (χ4v) is 4.64. The molecular formula is C11H10N2O7PS2-. The van der Waals surface area contributed by atoms with E-state index in [1.165, 1.54) is 6.07 Å². The topological polar surface area (TPSA) is 133 Å². The summed E-state index contributed by atoms with van der Waals surface area (Å²) in [5.74, 6) is -0.0794. The van der Waals surface area contributed by atoms with E-state index in [4.69, 9.17) is 4.52 Å². The molecule has 2 unspecified atom stereocenters. The van der Waals surface area contributed by atoms with Gasteiger partial charge in [0.05, 0.1) is 4.92 Å². The second kappa shape index (κ2) is 7.20. The van der Waals surface area contributed by atoms with E-state index in [9.17, 15) is 28.3 Å². The molecule has 0 bridgehead atoms. The summed E-state index contributed by atoms with van der Waals surface area (Å²) in [5, 5.41) is 12.4. The standard InChI is InChI=1S/C11H11N2O7PS2/c14-13(15)9-3-5-10(6-4-9)20-21(16,17)8-12(23(18)19)11-2-1-7-22-11/h1-7H,8H2,(H,16,17)(H,18,19)/p-1. The Hall–Kier alpha value is -1.78. The molecule has 1 N–H and O–H groups in total. The van der Waals surface area contributed by atoms with Gasteiger partial charge in [0.2, 0.25) is 0 Å². The van der Waals surface area contributed by atoms with Crippen LogP contribution in [0.3, 0.4) is 0 Å². The Morgan fingerprint density at radius 3 is 2.48 bits per heavy atom. The number of nitro benzene ring substituents is 1. The molecule has 0 saturated heterocycles. The molecule has 1 aromatic carbocycles. The van der Waals surface area contributed by atoms with Gasteiger partial charge >= 0.3 is 7.60 Å². The Bertz CT molecular complexity index is 750. The molecule has 0 aliphatic heterocycles. The van der Waals surface area contributed by atoms with Gasteiger partial charge in [-0.15, -0.1) is 11.3 Å². The zero-order valence-electron chi connectivity index (χ0n) is 11.3. The first kappa shape index (κ1) is 17.6. The molecule has 1 heterocycles. The average Bonchev–Trinajstić information content (AvgIpc) is 2.98. The summed E-state index contributed by atoms with van der Waals surface area (Å²) >= 11 is -1.67. The zero-order valence-corrected chi connectivity index (χ0v) is 13.8. The van der Waals surface area contributed by atoms with E-state index in [2.05, 4.69) is 0 Å². The van der Waals surface area contributed by atoms with E-state index in [0.717, 1.165) is 35.6 Å². The number of hydrogen-bond donors (Lipinski definition) is 1. The summed E-state index contributed by atoms with van der Waals surface area (Å²) in [4.78, 5) is 19.8. The summed E-state index contributed by atoms with van der Waals surface area (Å²) in [6, 6.07) is 7.61. The third kappa shape index (κ3) is 4.85. The van der Waals surface area contributed by atoms with Crippen molar-refractivity contribution in [3.05, 3.63) is 51.9 Å². The summed E-state index contributed by atoms with van der Waals surface area (Å²) in [7, 11) is -4.33. The molecule has 124 valence electrons. The lowest BCUT2D eigenvalue weighted by atomic mass is 10.3. The molecule has 2 rings (SSSR count). The van der Waals surface area contributed by atoms with Crippen LogP contribution in [0.2, 0.25) is 0 Å². The van der Waals surface area contributed by atoms with Crippen molar-refractivity contribution >= 4 is 40.9 Å². The number of non-ortho nitro benzene ring substituents is 1. The number of hydrogen-bond acceptors (Lipinski definition) is 7. The fourth-order valence-electron chi connectivity index (χ4n) is 1.59. The first-order chi connectivity index (χ1) is 10.8. The monoisotopic (exact) mass is 377 g/mol. The fraction of sp³-hybridized carbons (Fsp3) is 0.0909. The van der Waals surface area contributed by atoms with Gasteiger partial charge in [0.1, 0.15) is 17.0 Å². The number of nitro groups is 1. The minimum absolute atomic E-state index is 0.0794. The largest absolute Gasteiger partial charge is 0.755 e. The van der Waals surface area contributed by atoms with Crippen LogP contribution in [0, 0.1) is 10.1 Å². The molecule has 0 radical (unpaired) electrons. The lowest BCUT2D eigenvalue weighted by Crippen LogP contribution is -2.26. The molecule has 1 aromatic heterocycles. The first-order valence-corrected chi connectivity index (χ1v) is 9.62. The molecular weight excluding hydrogens is 367 g/mol. The number of benzene rings is 1. The average molecular weight is 377 g/mol. The third-order valence-corrected chi connectivity index (χ3v) is 5.55. The van der Waals surface area contributed by atoms with Crippen molar-refractivity contribution in [2.75, 3.05) is 10.6 Å². The molecule has 0 amide bonds. The smallest absolute Gasteiger partial charge is 0.396 e. The number of nitrogens with zero attached hydrogens (tertiary/aromatic N) is 2. The van der Waals surface area contributed by atoms with Crippen molar-refractivity contribution in [3.63, 3.8) is 0 Å². The minimum atomic E-state index is -4.33. The Kier molecular flexibility index (Phi) is 5.50. The Balaban J connectivity index is 2.13. The van der Waals surface area contributed by atoms with Crippen molar-refractivity contribution in [3.8, 4) is 5.75 Å². The molecule has 0 aliphatic rings. The Morgan fingerprint density at radius 1 is 1.35 bits per heavy atom. The van der Waals surface area contributed by atoms with Crippen molar-refractivity contribution in [1.29, 1.82) is 0 Å².